The van der Waals surface area contributed by atoms with E-state index in [2.05, 4.69) is 43.8 Å². The van der Waals surface area contributed by atoms with Crippen LogP contribution >= 0.6 is 0 Å². The van der Waals surface area contributed by atoms with Gasteiger partial charge in [-0.25, -0.2) is 9.97 Å². The predicted molar refractivity (Wildman–Crippen MR) is 118 cm³/mol. The third-order valence-electron chi connectivity index (χ3n) is 5.61. The fourth-order valence-electron chi connectivity index (χ4n) is 4.18. The van der Waals surface area contributed by atoms with E-state index >= 15 is 0 Å². The average Bonchev–Trinajstić information content (AvgIpc) is 2.92. The summed E-state index contributed by atoms with van der Waals surface area (Å²) < 4.78 is 2.25. The number of benzene rings is 1. The summed E-state index contributed by atoms with van der Waals surface area (Å²) in [5.41, 5.74) is 16.9. The Bertz CT molecular complexity index is 1270. The minimum Gasteiger partial charge on any atom is -0.405 e. The molecule has 1 aliphatic rings. The van der Waals surface area contributed by atoms with Crippen LogP contribution in [0.1, 0.15) is 18.5 Å². The van der Waals surface area contributed by atoms with Gasteiger partial charge in [-0.3, -0.25) is 4.98 Å². The Kier molecular flexibility index (Phi) is 4.24. The Morgan fingerprint density at radius 3 is 2.97 bits per heavy atom. The van der Waals surface area contributed by atoms with Crippen LogP contribution in [-0.4, -0.2) is 19.5 Å². The van der Waals surface area contributed by atoms with Crippen LogP contribution in [0.4, 0.5) is 5.82 Å². The Morgan fingerprint density at radius 1 is 1.17 bits per heavy atom. The lowest BCUT2D eigenvalue weighted by Crippen LogP contribution is -2.04. The standard InChI is InChI=1S/C23H22N6/c24-10-3-4-15-7-8-19-20(17-12-16-5-1-2-6-18(16)26-13-17)21-22(25)27-14-28-23(21)29(19)11-9-15/h1-3,5-8,10,12-15H,4,9,11,24H2,(H2,25,27,28)/t15-/m0/s1. The molecule has 3 aromatic heterocycles. The molecule has 6 heteroatoms. The number of aryl methyl sites for hydroxylation is 1. The van der Waals surface area contributed by atoms with Crippen molar-refractivity contribution in [3.63, 3.8) is 0 Å². The lowest BCUT2D eigenvalue weighted by Gasteiger charge is -2.09. The number of allylic oxidation sites excluding steroid dienone is 2. The van der Waals surface area contributed by atoms with Gasteiger partial charge in [-0.2, -0.15) is 0 Å². The van der Waals surface area contributed by atoms with Gasteiger partial charge in [0.15, 0.2) is 0 Å². The third kappa shape index (κ3) is 2.93. The summed E-state index contributed by atoms with van der Waals surface area (Å²) in [7, 11) is 0. The number of nitrogen functional groups attached to an aromatic ring is 1. The highest BCUT2D eigenvalue weighted by Gasteiger charge is 2.23. The molecule has 0 saturated carbocycles. The van der Waals surface area contributed by atoms with Crippen molar-refractivity contribution in [2.75, 3.05) is 5.73 Å². The van der Waals surface area contributed by atoms with Crippen molar-refractivity contribution in [2.24, 2.45) is 11.7 Å². The smallest absolute Gasteiger partial charge is 0.146 e. The first-order chi connectivity index (χ1) is 14.3. The van der Waals surface area contributed by atoms with E-state index in [1.54, 1.807) is 6.20 Å². The van der Waals surface area contributed by atoms with Crippen molar-refractivity contribution in [1.82, 2.24) is 19.5 Å². The number of nitrogens with two attached hydrogens (primary N) is 2. The van der Waals surface area contributed by atoms with Crippen LogP contribution in [0.5, 0.6) is 0 Å². The van der Waals surface area contributed by atoms with Gasteiger partial charge in [-0.05, 0) is 43.2 Å². The maximum atomic E-state index is 6.32. The second kappa shape index (κ2) is 7.05. The van der Waals surface area contributed by atoms with Crippen LogP contribution in [0.2, 0.25) is 0 Å². The summed E-state index contributed by atoms with van der Waals surface area (Å²) in [5, 5.41) is 1.99. The first-order valence-electron chi connectivity index (χ1n) is 9.79. The molecule has 0 fully saturated rings. The van der Waals surface area contributed by atoms with Crippen LogP contribution in [-0.2, 0) is 6.54 Å². The van der Waals surface area contributed by atoms with E-state index in [1.807, 2.05) is 30.5 Å². The Hall–Kier alpha value is -3.67. The van der Waals surface area contributed by atoms with Crippen molar-refractivity contribution < 1.29 is 0 Å². The van der Waals surface area contributed by atoms with Gasteiger partial charge in [0.25, 0.3) is 0 Å². The largest absolute Gasteiger partial charge is 0.405 e. The van der Waals surface area contributed by atoms with E-state index < -0.39 is 0 Å². The number of hydrogen-bond donors (Lipinski definition) is 2. The fraction of sp³-hybridized carbons (Fsp3) is 0.174. The van der Waals surface area contributed by atoms with E-state index in [4.69, 9.17) is 11.5 Å². The summed E-state index contributed by atoms with van der Waals surface area (Å²) in [5.74, 6) is 0.932. The van der Waals surface area contributed by atoms with Crippen molar-refractivity contribution >= 4 is 33.8 Å². The van der Waals surface area contributed by atoms with Crippen LogP contribution in [0.25, 0.3) is 39.1 Å². The van der Waals surface area contributed by atoms with Gasteiger partial charge in [-0.1, -0.05) is 30.4 Å². The van der Waals surface area contributed by atoms with Gasteiger partial charge >= 0.3 is 0 Å². The van der Waals surface area contributed by atoms with Gasteiger partial charge in [0.1, 0.15) is 17.8 Å². The number of fused-ring (bicyclic) bond motifs is 4. The molecule has 0 aliphatic carbocycles. The molecule has 0 bridgehead atoms. The van der Waals surface area contributed by atoms with Crippen LogP contribution < -0.4 is 11.5 Å². The molecular formula is C23H22N6. The highest BCUT2D eigenvalue weighted by Crippen LogP contribution is 2.39. The average molecular weight is 382 g/mol. The lowest BCUT2D eigenvalue weighted by molar-refractivity contribution is 0.541. The quantitative estimate of drug-likeness (QED) is 0.555. The van der Waals surface area contributed by atoms with Crippen molar-refractivity contribution in [1.29, 1.82) is 0 Å². The number of para-hydroxylation sites is 1. The summed E-state index contributed by atoms with van der Waals surface area (Å²) in [4.78, 5) is 13.5. The molecule has 1 aliphatic heterocycles. The Balaban J connectivity index is 1.75. The number of pyridine rings is 1. The van der Waals surface area contributed by atoms with E-state index in [1.165, 1.54) is 6.33 Å². The van der Waals surface area contributed by atoms with Gasteiger partial charge in [-0.15, -0.1) is 0 Å². The van der Waals surface area contributed by atoms with E-state index in [0.29, 0.717) is 11.7 Å². The summed E-state index contributed by atoms with van der Waals surface area (Å²) in [6, 6.07) is 10.3. The molecule has 4 N–H and O–H groups in total. The van der Waals surface area contributed by atoms with Crippen LogP contribution in [0.15, 0.2) is 61.2 Å². The lowest BCUT2D eigenvalue weighted by atomic mass is 9.99. The zero-order chi connectivity index (χ0) is 19.8. The SMILES string of the molecule is NC=CC[C@H]1C=Cc2c(-c3cnc4ccccc4c3)c3c(N)ncnc3n2CC1. The number of nitrogens with zero attached hydrogens (tertiary/aromatic N) is 4. The normalized spacial score (nSPS) is 16.5. The van der Waals surface area contributed by atoms with Gasteiger partial charge in [0.05, 0.1) is 16.6 Å². The zero-order valence-electron chi connectivity index (χ0n) is 16.0. The Morgan fingerprint density at radius 2 is 2.07 bits per heavy atom. The minimum atomic E-state index is 0.437. The second-order valence-electron chi connectivity index (χ2n) is 7.36. The first-order valence-corrected chi connectivity index (χ1v) is 9.79. The summed E-state index contributed by atoms with van der Waals surface area (Å²) in [6.07, 6.45) is 13.5. The van der Waals surface area contributed by atoms with E-state index in [0.717, 1.165) is 58.1 Å². The Labute approximate surface area is 168 Å². The van der Waals surface area contributed by atoms with Gasteiger partial charge in [0, 0.05) is 29.3 Å². The molecule has 29 heavy (non-hydrogen) atoms. The van der Waals surface area contributed by atoms with E-state index in [9.17, 15) is 0 Å². The molecule has 144 valence electrons. The molecule has 6 nitrogen and oxygen atoms in total. The summed E-state index contributed by atoms with van der Waals surface area (Å²) in [6.45, 7) is 0.860. The van der Waals surface area contributed by atoms with Crippen molar-refractivity contribution in [3.05, 3.63) is 66.9 Å². The van der Waals surface area contributed by atoms with Crippen LogP contribution in [0.3, 0.4) is 0 Å². The molecule has 0 amide bonds. The number of rotatable bonds is 3. The third-order valence-corrected chi connectivity index (χ3v) is 5.61. The van der Waals surface area contributed by atoms with E-state index in [-0.39, 0.29) is 0 Å². The van der Waals surface area contributed by atoms with Gasteiger partial charge in [0.2, 0.25) is 0 Å². The molecule has 4 heterocycles. The second-order valence-corrected chi connectivity index (χ2v) is 7.36. The van der Waals surface area contributed by atoms with Crippen LogP contribution in [0, 0.1) is 5.92 Å². The predicted octanol–water partition coefficient (Wildman–Crippen LogP) is 4.12. The molecule has 5 rings (SSSR count). The highest BCUT2D eigenvalue weighted by molar-refractivity contribution is 6.05. The molecule has 1 aromatic carbocycles. The molecule has 0 spiro atoms. The molecular weight excluding hydrogens is 360 g/mol. The molecule has 4 aromatic rings. The summed E-state index contributed by atoms with van der Waals surface area (Å²) >= 11 is 0. The molecule has 0 radical (unpaired) electrons. The maximum Gasteiger partial charge on any atom is 0.146 e. The molecule has 0 unspecified atom stereocenters. The maximum absolute atomic E-state index is 6.32. The fourth-order valence-corrected chi connectivity index (χ4v) is 4.18. The van der Waals surface area contributed by atoms with Crippen molar-refractivity contribution in [3.8, 4) is 11.1 Å². The van der Waals surface area contributed by atoms with Gasteiger partial charge < -0.3 is 16.0 Å². The van der Waals surface area contributed by atoms with Crippen molar-refractivity contribution in [2.45, 2.75) is 19.4 Å². The highest BCUT2D eigenvalue weighted by atomic mass is 15.1. The zero-order valence-corrected chi connectivity index (χ0v) is 16.0. The number of anilines is 1. The number of aromatic nitrogens is 4. The minimum absolute atomic E-state index is 0.437. The topological polar surface area (TPSA) is 95.6 Å². The number of hydrogen-bond acceptors (Lipinski definition) is 5. The monoisotopic (exact) mass is 382 g/mol. The first kappa shape index (κ1) is 17.4. The molecule has 1 atom stereocenters. The molecule has 0 saturated heterocycles.